The summed E-state index contributed by atoms with van der Waals surface area (Å²) in [4.78, 5) is 15.7. The zero-order valence-electron chi connectivity index (χ0n) is 11.2. The van der Waals surface area contributed by atoms with E-state index in [1.165, 1.54) is 24.4 Å². The van der Waals surface area contributed by atoms with Crippen LogP contribution in [-0.4, -0.2) is 17.6 Å². The molecule has 0 aliphatic heterocycles. The fraction of sp³-hybridized carbons (Fsp3) is 0.133. The SMILES string of the molecule is CCOC(=O)c1cccnc1Oc1ccc(F)c(C#N)c1. The summed E-state index contributed by atoms with van der Waals surface area (Å²) in [6.45, 7) is 1.91. The maximum Gasteiger partial charge on any atom is 0.343 e. The van der Waals surface area contributed by atoms with E-state index < -0.39 is 11.8 Å². The molecule has 0 fully saturated rings. The third-order valence-electron chi connectivity index (χ3n) is 2.54. The van der Waals surface area contributed by atoms with E-state index in [0.717, 1.165) is 6.07 Å². The molecule has 6 heteroatoms. The van der Waals surface area contributed by atoms with Crippen LogP contribution in [0, 0.1) is 17.1 Å². The molecule has 0 amide bonds. The summed E-state index contributed by atoms with van der Waals surface area (Å²) in [5.41, 5.74) is 0.00305. The second-order valence-electron chi connectivity index (χ2n) is 3.93. The molecule has 0 bridgehead atoms. The number of hydrogen-bond acceptors (Lipinski definition) is 5. The molecule has 0 aliphatic rings. The van der Waals surface area contributed by atoms with E-state index in [2.05, 4.69) is 4.98 Å². The van der Waals surface area contributed by atoms with Gasteiger partial charge in [0.15, 0.2) is 0 Å². The molecular formula is C15H11FN2O3. The maximum atomic E-state index is 13.2. The second-order valence-corrected chi connectivity index (χ2v) is 3.93. The third-order valence-corrected chi connectivity index (χ3v) is 2.54. The van der Waals surface area contributed by atoms with Gasteiger partial charge < -0.3 is 9.47 Å². The Balaban J connectivity index is 2.32. The monoisotopic (exact) mass is 286 g/mol. The highest BCUT2D eigenvalue weighted by Crippen LogP contribution is 2.25. The van der Waals surface area contributed by atoms with Crippen molar-refractivity contribution in [3.05, 3.63) is 53.5 Å². The lowest BCUT2D eigenvalue weighted by Crippen LogP contribution is -2.07. The number of ether oxygens (including phenoxy) is 2. The molecular weight excluding hydrogens is 275 g/mol. The van der Waals surface area contributed by atoms with Crippen molar-refractivity contribution in [2.24, 2.45) is 0 Å². The number of rotatable bonds is 4. The van der Waals surface area contributed by atoms with Crippen molar-refractivity contribution in [1.29, 1.82) is 5.26 Å². The normalized spacial score (nSPS) is 9.76. The van der Waals surface area contributed by atoms with E-state index in [9.17, 15) is 9.18 Å². The molecule has 2 rings (SSSR count). The number of carbonyl (C=O) groups is 1. The van der Waals surface area contributed by atoms with Crippen molar-refractivity contribution in [3.63, 3.8) is 0 Å². The topological polar surface area (TPSA) is 72.2 Å². The molecule has 0 radical (unpaired) electrons. The zero-order chi connectivity index (χ0) is 15.2. The Morgan fingerprint density at radius 2 is 2.24 bits per heavy atom. The van der Waals surface area contributed by atoms with Crippen molar-refractivity contribution >= 4 is 5.97 Å². The maximum absolute atomic E-state index is 13.2. The Labute approximate surface area is 120 Å². The number of hydrogen-bond donors (Lipinski definition) is 0. The van der Waals surface area contributed by atoms with Gasteiger partial charge in [-0.15, -0.1) is 0 Å². The Hall–Kier alpha value is -2.94. The summed E-state index contributed by atoms with van der Waals surface area (Å²) in [5, 5.41) is 8.79. The van der Waals surface area contributed by atoms with Crippen molar-refractivity contribution < 1.29 is 18.7 Å². The summed E-state index contributed by atoms with van der Waals surface area (Å²) in [6.07, 6.45) is 1.45. The van der Waals surface area contributed by atoms with Crippen molar-refractivity contribution in [2.45, 2.75) is 6.92 Å². The van der Waals surface area contributed by atoms with E-state index in [1.54, 1.807) is 19.1 Å². The summed E-state index contributed by atoms with van der Waals surface area (Å²) in [5.74, 6) is -0.969. The number of carbonyl (C=O) groups excluding carboxylic acids is 1. The van der Waals surface area contributed by atoms with Crippen molar-refractivity contribution in [3.8, 4) is 17.7 Å². The predicted molar refractivity (Wildman–Crippen MR) is 71.4 cm³/mol. The van der Waals surface area contributed by atoms with Gasteiger partial charge in [0.1, 0.15) is 23.2 Å². The van der Waals surface area contributed by atoms with Gasteiger partial charge in [0.25, 0.3) is 0 Å². The van der Waals surface area contributed by atoms with Crippen LogP contribution in [0.1, 0.15) is 22.8 Å². The van der Waals surface area contributed by atoms with Gasteiger partial charge in [-0.05, 0) is 31.2 Å². The Morgan fingerprint density at radius 1 is 1.43 bits per heavy atom. The third kappa shape index (κ3) is 3.34. The fourth-order valence-corrected chi connectivity index (χ4v) is 1.60. The Bertz CT molecular complexity index is 710. The van der Waals surface area contributed by atoms with Gasteiger partial charge >= 0.3 is 5.97 Å². The van der Waals surface area contributed by atoms with E-state index in [1.807, 2.05) is 0 Å². The minimum absolute atomic E-state index is 0.0337. The standard InChI is InChI=1S/C15H11FN2O3/c1-2-20-15(19)12-4-3-7-18-14(12)21-11-5-6-13(16)10(8-11)9-17/h3-8H,2H2,1H3. The van der Waals surface area contributed by atoms with E-state index >= 15 is 0 Å². The zero-order valence-corrected chi connectivity index (χ0v) is 11.2. The van der Waals surface area contributed by atoms with Gasteiger partial charge in [-0.1, -0.05) is 0 Å². The number of benzene rings is 1. The minimum Gasteiger partial charge on any atom is -0.462 e. The highest BCUT2D eigenvalue weighted by atomic mass is 19.1. The van der Waals surface area contributed by atoms with Gasteiger partial charge in [0.05, 0.1) is 12.2 Å². The van der Waals surface area contributed by atoms with E-state index in [4.69, 9.17) is 14.7 Å². The Morgan fingerprint density at radius 3 is 2.95 bits per heavy atom. The number of pyridine rings is 1. The van der Waals surface area contributed by atoms with E-state index in [-0.39, 0.29) is 29.4 Å². The van der Waals surface area contributed by atoms with Crippen molar-refractivity contribution in [2.75, 3.05) is 6.61 Å². The van der Waals surface area contributed by atoms with Crippen LogP contribution in [0.5, 0.6) is 11.6 Å². The van der Waals surface area contributed by atoms with Crippen LogP contribution < -0.4 is 4.74 Å². The molecule has 0 saturated carbocycles. The predicted octanol–water partition coefficient (Wildman–Crippen LogP) is 3.06. The number of nitriles is 1. The molecule has 1 aromatic heterocycles. The fourth-order valence-electron chi connectivity index (χ4n) is 1.60. The number of esters is 1. The first-order valence-electron chi connectivity index (χ1n) is 6.15. The lowest BCUT2D eigenvalue weighted by molar-refractivity contribution is 0.0522. The molecule has 5 nitrogen and oxygen atoms in total. The summed E-state index contributed by atoms with van der Waals surface area (Å²) in [7, 11) is 0. The first kappa shape index (κ1) is 14.5. The molecule has 0 saturated heterocycles. The highest BCUT2D eigenvalue weighted by Gasteiger charge is 2.15. The van der Waals surface area contributed by atoms with Gasteiger partial charge in [0.2, 0.25) is 5.88 Å². The van der Waals surface area contributed by atoms with Crippen LogP contribution in [0.15, 0.2) is 36.5 Å². The van der Waals surface area contributed by atoms with Gasteiger partial charge in [-0.2, -0.15) is 5.26 Å². The Kier molecular flexibility index (Phi) is 4.46. The number of halogens is 1. The van der Waals surface area contributed by atoms with Crippen LogP contribution >= 0.6 is 0 Å². The number of nitrogens with zero attached hydrogens (tertiary/aromatic N) is 2. The van der Waals surface area contributed by atoms with Crippen LogP contribution in [0.4, 0.5) is 4.39 Å². The quantitative estimate of drug-likeness (QED) is 0.808. The largest absolute Gasteiger partial charge is 0.462 e. The van der Waals surface area contributed by atoms with Crippen LogP contribution in [-0.2, 0) is 4.74 Å². The molecule has 106 valence electrons. The molecule has 1 aromatic carbocycles. The highest BCUT2D eigenvalue weighted by molar-refractivity contribution is 5.91. The lowest BCUT2D eigenvalue weighted by atomic mass is 10.2. The van der Waals surface area contributed by atoms with Crippen LogP contribution in [0.2, 0.25) is 0 Å². The molecule has 0 atom stereocenters. The summed E-state index contributed by atoms with van der Waals surface area (Å²) >= 11 is 0. The molecule has 0 spiro atoms. The van der Waals surface area contributed by atoms with E-state index in [0.29, 0.717) is 0 Å². The van der Waals surface area contributed by atoms with Crippen molar-refractivity contribution in [1.82, 2.24) is 4.98 Å². The minimum atomic E-state index is -0.642. The smallest absolute Gasteiger partial charge is 0.343 e. The van der Waals surface area contributed by atoms with Gasteiger partial charge in [-0.25, -0.2) is 14.2 Å². The molecule has 0 N–H and O–H groups in total. The lowest BCUT2D eigenvalue weighted by Gasteiger charge is -2.09. The molecule has 0 aliphatic carbocycles. The first-order chi connectivity index (χ1) is 10.2. The molecule has 21 heavy (non-hydrogen) atoms. The number of aromatic nitrogens is 1. The molecule has 0 unspecified atom stereocenters. The summed E-state index contributed by atoms with van der Waals surface area (Å²) in [6, 6.07) is 8.49. The van der Waals surface area contributed by atoms with Gasteiger partial charge in [-0.3, -0.25) is 0 Å². The second kappa shape index (κ2) is 6.48. The molecule has 1 heterocycles. The first-order valence-corrected chi connectivity index (χ1v) is 6.15. The average molecular weight is 286 g/mol. The van der Waals surface area contributed by atoms with Gasteiger partial charge in [0, 0.05) is 12.3 Å². The average Bonchev–Trinajstić information content (AvgIpc) is 2.50. The summed E-state index contributed by atoms with van der Waals surface area (Å²) < 4.78 is 23.6. The van der Waals surface area contributed by atoms with Crippen LogP contribution in [0.3, 0.4) is 0 Å². The molecule has 2 aromatic rings. The van der Waals surface area contributed by atoms with Crippen LogP contribution in [0.25, 0.3) is 0 Å².